The van der Waals surface area contributed by atoms with Gasteiger partial charge in [-0.05, 0) is 30.7 Å². The molecule has 7 heteroatoms. The maximum Gasteiger partial charge on any atom is 0.271 e. The zero-order valence-corrected chi connectivity index (χ0v) is 12.7. The molecule has 1 atom stereocenters. The normalized spacial score (nSPS) is 11.8. The van der Waals surface area contributed by atoms with Gasteiger partial charge in [0, 0.05) is 5.02 Å². The van der Waals surface area contributed by atoms with Crippen molar-refractivity contribution in [3.05, 3.63) is 57.7 Å². The van der Waals surface area contributed by atoms with E-state index in [1.165, 1.54) is 0 Å². The number of hydrogen-bond acceptors (Lipinski definition) is 4. The van der Waals surface area contributed by atoms with Gasteiger partial charge in [0.25, 0.3) is 5.91 Å². The first kappa shape index (κ1) is 15.6. The van der Waals surface area contributed by atoms with E-state index in [9.17, 15) is 4.79 Å². The van der Waals surface area contributed by atoms with E-state index < -0.39 is 5.91 Å². The monoisotopic (exact) mass is 324 g/mol. The molecule has 0 aliphatic heterocycles. The molecule has 0 aliphatic carbocycles. The van der Waals surface area contributed by atoms with E-state index in [1.54, 1.807) is 18.2 Å². The number of hydrazine groups is 1. The molecule has 0 aliphatic rings. The Bertz CT molecular complexity index is 663. The molecule has 1 amide bonds. The Balaban J connectivity index is 2.20. The fraction of sp³-hybridized carbons (Fsp3) is 0.143. The summed E-state index contributed by atoms with van der Waals surface area (Å²) in [6.45, 7) is 1.83. The molecule has 1 unspecified atom stereocenters. The lowest BCUT2D eigenvalue weighted by atomic mass is 10.1. The number of aromatic nitrogens is 1. The number of nitrogens with two attached hydrogens (primary N) is 1. The highest BCUT2D eigenvalue weighted by Crippen LogP contribution is 2.23. The number of halogens is 2. The summed E-state index contributed by atoms with van der Waals surface area (Å²) in [5.41, 5.74) is 3.29. The molecule has 0 bridgehead atoms. The standard InChI is InChI=1S/C14H14Cl2N4O/c1-8(9-4-2-3-5-10(9)15)18-14(21)13-11(16)6-7-12(19-13)20-17/h2-8H,17H2,1H3,(H,18,21)(H,19,20). The minimum atomic E-state index is -0.399. The van der Waals surface area contributed by atoms with Gasteiger partial charge in [-0.3, -0.25) is 4.79 Å². The Labute approximate surface area is 132 Å². The fourth-order valence-electron chi connectivity index (χ4n) is 1.85. The average Bonchev–Trinajstić information content (AvgIpc) is 2.48. The molecule has 2 rings (SSSR count). The van der Waals surface area contributed by atoms with Gasteiger partial charge in [0.1, 0.15) is 11.5 Å². The SMILES string of the molecule is CC(NC(=O)c1nc(NN)ccc1Cl)c1ccccc1Cl. The van der Waals surface area contributed by atoms with Crippen molar-refractivity contribution in [3.8, 4) is 0 Å². The van der Waals surface area contributed by atoms with Gasteiger partial charge in [0.05, 0.1) is 11.1 Å². The first-order chi connectivity index (χ1) is 10.0. The molecule has 0 saturated heterocycles. The van der Waals surface area contributed by atoms with Crippen LogP contribution in [0.5, 0.6) is 0 Å². The fourth-order valence-corrected chi connectivity index (χ4v) is 2.34. The van der Waals surface area contributed by atoms with Gasteiger partial charge in [-0.2, -0.15) is 0 Å². The zero-order chi connectivity index (χ0) is 15.4. The summed E-state index contributed by atoms with van der Waals surface area (Å²) in [5.74, 6) is 5.23. The third kappa shape index (κ3) is 3.64. The molecule has 0 spiro atoms. The number of nitrogens with zero attached hydrogens (tertiary/aromatic N) is 1. The second-order valence-electron chi connectivity index (χ2n) is 4.39. The molecule has 110 valence electrons. The molecule has 2 aromatic rings. The van der Waals surface area contributed by atoms with Crippen molar-refractivity contribution in [2.24, 2.45) is 5.84 Å². The number of nitrogens with one attached hydrogen (secondary N) is 2. The quantitative estimate of drug-likeness (QED) is 0.596. The highest BCUT2D eigenvalue weighted by atomic mass is 35.5. The van der Waals surface area contributed by atoms with E-state index in [2.05, 4.69) is 15.7 Å². The van der Waals surface area contributed by atoms with Crippen LogP contribution in [-0.4, -0.2) is 10.9 Å². The minimum absolute atomic E-state index is 0.103. The molecule has 5 nitrogen and oxygen atoms in total. The lowest BCUT2D eigenvalue weighted by Gasteiger charge is -2.16. The summed E-state index contributed by atoms with van der Waals surface area (Å²) in [6.07, 6.45) is 0. The Morgan fingerprint density at radius 1 is 1.19 bits per heavy atom. The van der Waals surface area contributed by atoms with E-state index in [4.69, 9.17) is 29.0 Å². The Hall–Kier alpha value is -1.82. The number of amides is 1. The van der Waals surface area contributed by atoms with Gasteiger partial charge >= 0.3 is 0 Å². The summed E-state index contributed by atoms with van der Waals surface area (Å²) in [4.78, 5) is 16.3. The Morgan fingerprint density at radius 3 is 2.57 bits per heavy atom. The summed E-state index contributed by atoms with van der Waals surface area (Å²) < 4.78 is 0. The van der Waals surface area contributed by atoms with Gasteiger partial charge in [-0.25, -0.2) is 10.8 Å². The first-order valence-corrected chi connectivity index (χ1v) is 6.97. The molecule has 4 N–H and O–H groups in total. The predicted octanol–water partition coefficient (Wildman–Crippen LogP) is 3.17. The third-order valence-corrected chi connectivity index (χ3v) is 3.58. The number of carbonyl (C=O) groups excluding carboxylic acids is 1. The molecule has 0 fully saturated rings. The maximum absolute atomic E-state index is 12.3. The van der Waals surface area contributed by atoms with Crippen LogP contribution >= 0.6 is 23.2 Å². The van der Waals surface area contributed by atoms with Crippen molar-refractivity contribution in [2.45, 2.75) is 13.0 Å². The molecule has 21 heavy (non-hydrogen) atoms. The van der Waals surface area contributed by atoms with E-state index in [1.807, 2.05) is 25.1 Å². The van der Waals surface area contributed by atoms with Crippen LogP contribution in [0, 0.1) is 0 Å². The number of rotatable bonds is 4. The number of hydrogen-bond donors (Lipinski definition) is 3. The van der Waals surface area contributed by atoms with Crippen molar-refractivity contribution in [1.29, 1.82) is 0 Å². The van der Waals surface area contributed by atoms with Crippen LogP contribution in [0.25, 0.3) is 0 Å². The van der Waals surface area contributed by atoms with Crippen molar-refractivity contribution in [2.75, 3.05) is 5.43 Å². The Morgan fingerprint density at radius 2 is 1.90 bits per heavy atom. The lowest BCUT2D eigenvalue weighted by molar-refractivity contribution is 0.0935. The maximum atomic E-state index is 12.3. The highest BCUT2D eigenvalue weighted by molar-refractivity contribution is 6.33. The highest BCUT2D eigenvalue weighted by Gasteiger charge is 2.17. The third-order valence-electron chi connectivity index (χ3n) is 2.93. The molecule has 1 heterocycles. The van der Waals surface area contributed by atoms with E-state index >= 15 is 0 Å². The van der Waals surface area contributed by atoms with Crippen LogP contribution in [0.1, 0.15) is 29.0 Å². The van der Waals surface area contributed by atoms with Crippen molar-refractivity contribution >= 4 is 34.9 Å². The second kappa shape index (κ2) is 6.76. The van der Waals surface area contributed by atoms with Crippen molar-refractivity contribution in [1.82, 2.24) is 10.3 Å². The van der Waals surface area contributed by atoms with Crippen LogP contribution < -0.4 is 16.6 Å². The van der Waals surface area contributed by atoms with Gasteiger partial charge in [0.15, 0.2) is 0 Å². The molecule has 0 saturated carbocycles. The number of benzene rings is 1. The zero-order valence-electron chi connectivity index (χ0n) is 11.2. The number of carbonyl (C=O) groups is 1. The molecule has 0 radical (unpaired) electrons. The van der Waals surface area contributed by atoms with E-state index in [0.717, 1.165) is 5.56 Å². The minimum Gasteiger partial charge on any atom is -0.344 e. The number of anilines is 1. The van der Waals surface area contributed by atoms with E-state index in [-0.39, 0.29) is 16.8 Å². The predicted molar refractivity (Wildman–Crippen MR) is 84.4 cm³/mol. The number of pyridine rings is 1. The summed E-state index contributed by atoms with van der Waals surface area (Å²) in [7, 11) is 0. The summed E-state index contributed by atoms with van der Waals surface area (Å²) in [6, 6.07) is 10.2. The van der Waals surface area contributed by atoms with E-state index in [0.29, 0.717) is 10.8 Å². The lowest BCUT2D eigenvalue weighted by Crippen LogP contribution is -2.28. The van der Waals surface area contributed by atoms with Crippen LogP contribution in [0.4, 0.5) is 5.82 Å². The summed E-state index contributed by atoms with van der Waals surface area (Å²) in [5, 5.41) is 3.64. The van der Waals surface area contributed by atoms with Crippen molar-refractivity contribution in [3.63, 3.8) is 0 Å². The molecular weight excluding hydrogens is 311 g/mol. The van der Waals surface area contributed by atoms with Gasteiger partial charge in [-0.15, -0.1) is 0 Å². The van der Waals surface area contributed by atoms with Crippen LogP contribution in [0.2, 0.25) is 10.0 Å². The smallest absolute Gasteiger partial charge is 0.271 e. The van der Waals surface area contributed by atoms with Gasteiger partial charge in [-0.1, -0.05) is 41.4 Å². The second-order valence-corrected chi connectivity index (χ2v) is 5.20. The molecule has 1 aromatic carbocycles. The van der Waals surface area contributed by atoms with Crippen LogP contribution in [0.3, 0.4) is 0 Å². The molecular formula is C14H14Cl2N4O. The topological polar surface area (TPSA) is 80.0 Å². The molecule has 1 aromatic heterocycles. The Kier molecular flexibility index (Phi) is 5.01. The van der Waals surface area contributed by atoms with Gasteiger partial charge in [0.2, 0.25) is 0 Å². The number of nitrogen functional groups attached to an aromatic ring is 1. The largest absolute Gasteiger partial charge is 0.344 e. The van der Waals surface area contributed by atoms with Crippen molar-refractivity contribution < 1.29 is 4.79 Å². The average molecular weight is 325 g/mol. The van der Waals surface area contributed by atoms with Crippen LogP contribution in [0.15, 0.2) is 36.4 Å². The summed E-state index contributed by atoms with van der Waals surface area (Å²) >= 11 is 12.1. The first-order valence-electron chi connectivity index (χ1n) is 6.21. The van der Waals surface area contributed by atoms with Crippen LogP contribution in [-0.2, 0) is 0 Å². The van der Waals surface area contributed by atoms with Gasteiger partial charge < -0.3 is 10.7 Å².